The van der Waals surface area contributed by atoms with Crippen LogP contribution in [0.1, 0.15) is 17.5 Å². The number of benzene rings is 1. The molecule has 0 amide bonds. The van der Waals surface area contributed by atoms with Crippen molar-refractivity contribution in [2.45, 2.75) is 12.8 Å². The minimum Gasteiger partial charge on any atom is -0.0988 e. The van der Waals surface area contributed by atoms with Gasteiger partial charge in [0, 0.05) is 0 Å². The van der Waals surface area contributed by atoms with Crippen LogP contribution in [0.5, 0.6) is 0 Å². The number of fused-ring (bicyclic) bond motifs is 1. The second-order valence-electron chi connectivity index (χ2n) is 3.92. The van der Waals surface area contributed by atoms with Crippen LogP contribution in [0.25, 0.3) is 6.08 Å². The van der Waals surface area contributed by atoms with E-state index >= 15 is 0 Å². The number of allylic oxidation sites excluding steroid dienone is 5. The van der Waals surface area contributed by atoms with Crippen molar-refractivity contribution in [1.29, 1.82) is 0 Å². The molecular weight excluding hydrogens is 192 g/mol. The highest BCUT2D eigenvalue weighted by atomic mass is 14.1. The maximum atomic E-state index is 3.87. The molecule has 0 heterocycles. The number of hydrogen-bond acceptors (Lipinski definition) is 0. The van der Waals surface area contributed by atoms with Crippen LogP contribution < -0.4 is 0 Å². The Kier molecular flexibility index (Phi) is 3.21. The van der Waals surface area contributed by atoms with Gasteiger partial charge in [-0.25, -0.2) is 0 Å². The van der Waals surface area contributed by atoms with Gasteiger partial charge in [0.15, 0.2) is 0 Å². The Bertz CT molecular complexity index is 473. The maximum absolute atomic E-state index is 3.87. The Balaban J connectivity index is 2.46. The quantitative estimate of drug-likeness (QED) is 0.679. The third-order valence-electron chi connectivity index (χ3n) is 3.00. The van der Waals surface area contributed by atoms with E-state index in [1.165, 1.54) is 22.3 Å². The topological polar surface area (TPSA) is 0 Å². The fourth-order valence-corrected chi connectivity index (χ4v) is 2.04. The van der Waals surface area contributed by atoms with Gasteiger partial charge in [0.25, 0.3) is 0 Å². The molecule has 0 saturated heterocycles. The lowest BCUT2D eigenvalue weighted by Crippen LogP contribution is -1.95. The van der Waals surface area contributed by atoms with Crippen LogP contribution >= 0.6 is 0 Å². The van der Waals surface area contributed by atoms with Gasteiger partial charge < -0.3 is 0 Å². The summed E-state index contributed by atoms with van der Waals surface area (Å²) in [6.45, 7) is 7.73. The monoisotopic (exact) mass is 208 g/mol. The van der Waals surface area contributed by atoms with Gasteiger partial charge in [-0.1, -0.05) is 61.7 Å². The van der Waals surface area contributed by atoms with E-state index in [0.29, 0.717) is 0 Å². The van der Waals surface area contributed by atoms with Crippen molar-refractivity contribution < 1.29 is 0 Å². The van der Waals surface area contributed by atoms with Crippen LogP contribution in [0.15, 0.2) is 66.8 Å². The van der Waals surface area contributed by atoms with Crippen molar-refractivity contribution in [1.82, 2.24) is 0 Å². The summed E-state index contributed by atoms with van der Waals surface area (Å²) >= 11 is 0. The van der Waals surface area contributed by atoms with Gasteiger partial charge in [-0.05, 0) is 35.1 Å². The van der Waals surface area contributed by atoms with Gasteiger partial charge in [-0.3, -0.25) is 0 Å². The third-order valence-corrected chi connectivity index (χ3v) is 3.00. The van der Waals surface area contributed by atoms with Gasteiger partial charge in [0.05, 0.1) is 0 Å². The molecule has 16 heavy (non-hydrogen) atoms. The predicted octanol–water partition coefficient (Wildman–Crippen LogP) is 4.31. The molecule has 0 radical (unpaired) electrons. The molecule has 0 aliphatic heterocycles. The molecule has 1 aromatic carbocycles. The van der Waals surface area contributed by atoms with Crippen LogP contribution in [-0.4, -0.2) is 0 Å². The van der Waals surface area contributed by atoms with Gasteiger partial charge in [0.2, 0.25) is 0 Å². The molecule has 0 atom stereocenters. The molecule has 0 nitrogen and oxygen atoms in total. The second-order valence-corrected chi connectivity index (χ2v) is 3.92. The normalized spacial score (nSPS) is 21.5. The van der Waals surface area contributed by atoms with Crippen LogP contribution in [0.4, 0.5) is 0 Å². The Morgan fingerprint density at radius 2 is 1.75 bits per heavy atom. The van der Waals surface area contributed by atoms with Crippen molar-refractivity contribution in [2.24, 2.45) is 0 Å². The summed E-state index contributed by atoms with van der Waals surface area (Å²) in [7, 11) is 0. The zero-order chi connectivity index (χ0) is 11.4. The molecular formula is C16H16. The molecule has 0 unspecified atom stereocenters. The van der Waals surface area contributed by atoms with E-state index in [2.05, 4.69) is 49.6 Å². The Morgan fingerprint density at radius 1 is 0.938 bits per heavy atom. The largest absolute Gasteiger partial charge is 0.0988 e. The molecule has 1 aliphatic carbocycles. The lowest BCUT2D eigenvalue weighted by atomic mass is 9.93. The third kappa shape index (κ3) is 2.06. The summed E-state index contributed by atoms with van der Waals surface area (Å²) in [5, 5.41) is 0. The molecule has 0 bridgehead atoms. The van der Waals surface area contributed by atoms with Gasteiger partial charge in [-0.15, -0.1) is 0 Å². The molecule has 0 spiro atoms. The molecule has 1 aromatic rings. The standard InChI is InChI=1S/C16H16/c1-3-13-9-11-15-7-5-6-8-16(15)12-10-14(13)4-2/h3-9,11H,1-2,10,12H2/b11-9-,14-13-. The lowest BCUT2D eigenvalue weighted by Gasteiger charge is -2.12. The van der Waals surface area contributed by atoms with Crippen molar-refractivity contribution in [3.05, 3.63) is 77.9 Å². The summed E-state index contributed by atoms with van der Waals surface area (Å²) in [5.41, 5.74) is 5.18. The van der Waals surface area contributed by atoms with Gasteiger partial charge in [-0.2, -0.15) is 0 Å². The van der Waals surface area contributed by atoms with Crippen LogP contribution in [-0.2, 0) is 6.42 Å². The van der Waals surface area contributed by atoms with Crippen LogP contribution in [0.3, 0.4) is 0 Å². The molecule has 0 N–H and O–H groups in total. The number of aryl methyl sites for hydroxylation is 1. The van der Waals surface area contributed by atoms with E-state index in [1.807, 2.05) is 12.2 Å². The average Bonchev–Trinajstić information content (AvgIpc) is 2.31. The van der Waals surface area contributed by atoms with Crippen molar-refractivity contribution in [2.75, 3.05) is 0 Å². The molecule has 0 heteroatoms. The SMILES string of the molecule is C=CC1=C(\C=C)CCc2ccccc2/C=C\1. The fraction of sp³-hybridized carbons (Fsp3) is 0.125. The summed E-state index contributed by atoms with van der Waals surface area (Å²) < 4.78 is 0. The highest BCUT2D eigenvalue weighted by Crippen LogP contribution is 2.23. The van der Waals surface area contributed by atoms with Crippen molar-refractivity contribution in [3.63, 3.8) is 0 Å². The molecule has 0 saturated carbocycles. The Hall–Kier alpha value is -1.82. The zero-order valence-corrected chi connectivity index (χ0v) is 9.45. The maximum Gasteiger partial charge on any atom is -0.0224 e. The Labute approximate surface area is 97.3 Å². The van der Waals surface area contributed by atoms with Crippen LogP contribution in [0, 0.1) is 0 Å². The van der Waals surface area contributed by atoms with Crippen molar-refractivity contribution in [3.8, 4) is 0 Å². The first-order chi connectivity index (χ1) is 7.85. The highest BCUT2D eigenvalue weighted by Gasteiger charge is 2.05. The van der Waals surface area contributed by atoms with Gasteiger partial charge >= 0.3 is 0 Å². The van der Waals surface area contributed by atoms with E-state index in [4.69, 9.17) is 0 Å². The number of rotatable bonds is 2. The van der Waals surface area contributed by atoms with Crippen molar-refractivity contribution >= 4 is 6.08 Å². The lowest BCUT2D eigenvalue weighted by molar-refractivity contribution is 0.954. The summed E-state index contributed by atoms with van der Waals surface area (Å²) in [6.07, 6.45) is 10.2. The van der Waals surface area contributed by atoms with E-state index in [-0.39, 0.29) is 0 Å². The first-order valence-corrected chi connectivity index (χ1v) is 5.59. The highest BCUT2D eigenvalue weighted by molar-refractivity contribution is 5.60. The molecule has 0 fully saturated rings. The average molecular weight is 208 g/mol. The summed E-state index contributed by atoms with van der Waals surface area (Å²) in [5.74, 6) is 0. The molecule has 80 valence electrons. The van der Waals surface area contributed by atoms with E-state index in [9.17, 15) is 0 Å². The first kappa shape index (κ1) is 10.7. The smallest absolute Gasteiger partial charge is 0.0224 e. The Morgan fingerprint density at radius 3 is 2.50 bits per heavy atom. The fourth-order valence-electron chi connectivity index (χ4n) is 2.04. The van der Waals surface area contributed by atoms with E-state index in [1.54, 1.807) is 0 Å². The zero-order valence-electron chi connectivity index (χ0n) is 9.45. The molecule has 0 aromatic heterocycles. The summed E-state index contributed by atoms with van der Waals surface area (Å²) in [4.78, 5) is 0. The van der Waals surface area contributed by atoms with E-state index in [0.717, 1.165) is 12.8 Å². The predicted molar refractivity (Wildman–Crippen MR) is 71.2 cm³/mol. The minimum atomic E-state index is 1.03. The molecule has 2 rings (SSSR count). The van der Waals surface area contributed by atoms with Gasteiger partial charge in [0.1, 0.15) is 0 Å². The number of hydrogen-bond donors (Lipinski definition) is 0. The van der Waals surface area contributed by atoms with Crippen LogP contribution in [0.2, 0.25) is 0 Å². The molecule has 1 aliphatic rings. The first-order valence-electron chi connectivity index (χ1n) is 5.59. The van der Waals surface area contributed by atoms with E-state index < -0.39 is 0 Å². The summed E-state index contributed by atoms with van der Waals surface area (Å²) in [6, 6.07) is 8.53. The second kappa shape index (κ2) is 4.80. The minimum absolute atomic E-state index is 1.03.